The Hall–Kier alpha value is -2.34. The molecule has 0 atom stereocenters. The maximum absolute atomic E-state index is 8.23. The quantitative estimate of drug-likeness (QED) is 0.247. The van der Waals surface area contributed by atoms with Crippen molar-refractivity contribution in [3.8, 4) is 0 Å². The molecule has 0 aliphatic heterocycles. The van der Waals surface area contributed by atoms with Crippen LogP contribution in [0.5, 0.6) is 0 Å². The van der Waals surface area contributed by atoms with Crippen LogP contribution in [-0.2, 0) is 32.5 Å². The Labute approximate surface area is 271 Å². The standard InChI is InChI=1S/2C15H22.C13H18/c2*1-13(2)11-9-7-8-10-12(11)14(3,4)15(13,5)6;1-12(2)9-13(3,4)11-8-6-5-7-10(11)12/h2*7-10H,1-6H3;5-8H,9H2,1-4H3/i7D,8D,9D,10D;;. The van der Waals surface area contributed by atoms with Crippen LogP contribution >= 0.6 is 0 Å². The minimum Gasteiger partial charge on any atom is -0.0620 e. The van der Waals surface area contributed by atoms with E-state index >= 15 is 0 Å². The lowest BCUT2D eigenvalue weighted by atomic mass is 9.59. The van der Waals surface area contributed by atoms with Gasteiger partial charge in [0.1, 0.15) is 0 Å². The lowest BCUT2D eigenvalue weighted by Crippen LogP contribution is -2.42. The first kappa shape index (κ1) is 28.2. The Morgan fingerprint density at radius 2 is 0.651 bits per heavy atom. The van der Waals surface area contributed by atoms with Crippen molar-refractivity contribution in [2.45, 2.75) is 150 Å². The molecule has 0 fully saturated rings. The van der Waals surface area contributed by atoms with E-state index in [0.29, 0.717) is 16.2 Å². The van der Waals surface area contributed by atoms with Gasteiger partial charge < -0.3 is 0 Å². The molecule has 0 heterocycles. The molecule has 6 rings (SSSR count). The molecule has 0 bridgehead atoms. The van der Waals surface area contributed by atoms with Crippen LogP contribution in [-0.4, -0.2) is 0 Å². The summed E-state index contributed by atoms with van der Waals surface area (Å²) < 4.78 is 32.3. The normalized spacial score (nSPS) is 25.6. The third-order valence-electron chi connectivity index (χ3n) is 13.7. The molecule has 0 unspecified atom stereocenters. The molecular weight excluding hydrogens is 516 g/mol. The molecule has 0 spiro atoms. The lowest BCUT2D eigenvalue weighted by molar-refractivity contribution is 0.125. The monoisotopic (exact) mass is 583 g/mol. The molecule has 0 radical (unpaired) electrons. The Bertz CT molecular complexity index is 1580. The molecule has 0 aromatic heterocycles. The Balaban J connectivity index is 0.000000163. The van der Waals surface area contributed by atoms with Gasteiger partial charge in [-0.15, -0.1) is 0 Å². The van der Waals surface area contributed by atoms with E-state index in [1.807, 2.05) is 0 Å². The van der Waals surface area contributed by atoms with Crippen molar-refractivity contribution >= 4 is 0 Å². The maximum atomic E-state index is 8.23. The van der Waals surface area contributed by atoms with Crippen LogP contribution in [0.15, 0.2) is 72.7 Å². The summed E-state index contributed by atoms with van der Waals surface area (Å²) in [5, 5.41) is 0. The van der Waals surface area contributed by atoms with Crippen molar-refractivity contribution in [2.75, 3.05) is 0 Å². The van der Waals surface area contributed by atoms with E-state index in [1.165, 1.54) is 17.5 Å². The molecule has 0 N–H and O–H groups in total. The molecule has 3 aliphatic carbocycles. The third-order valence-corrected chi connectivity index (χ3v) is 13.7. The predicted octanol–water partition coefficient (Wildman–Crippen LogP) is 12.2. The van der Waals surface area contributed by atoms with Crippen LogP contribution in [0, 0.1) is 10.8 Å². The summed E-state index contributed by atoms with van der Waals surface area (Å²) in [5.41, 5.74) is 8.52. The van der Waals surface area contributed by atoms with Gasteiger partial charge in [0.2, 0.25) is 0 Å². The highest BCUT2D eigenvalue weighted by atomic mass is 14.6. The first-order chi connectivity index (χ1) is 21.0. The highest BCUT2D eigenvalue weighted by molar-refractivity contribution is 5.49. The fourth-order valence-corrected chi connectivity index (χ4v) is 8.64. The van der Waals surface area contributed by atoms with Gasteiger partial charge in [-0.05, 0) is 83.1 Å². The summed E-state index contributed by atoms with van der Waals surface area (Å²) in [4.78, 5) is 0. The van der Waals surface area contributed by atoms with Crippen LogP contribution in [0.2, 0.25) is 0 Å². The van der Waals surface area contributed by atoms with Crippen LogP contribution in [0.3, 0.4) is 0 Å². The van der Waals surface area contributed by atoms with Gasteiger partial charge in [0, 0.05) is 0 Å². The van der Waals surface area contributed by atoms with Crippen molar-refractivity contribution in [1.82, 2.24) is 0 Å². The summed E-state index contributed by atoms with van der Waals surface area (Å²) in [6.45, 7) is 36.3. The first-order valence-corrected chi connectivity index (χ1v) is 16.4. The Kier molecular flexibility index (Phi) is 6.60. The van der Waals surface area contributed by atoms with Crippen LogP contribution < -0.4 is 0 Å². The molecule has 234 valence electrons. The van der Waals surface area contributed by atoms with E-state index in [2.05, 4.69) is 159 Å². The van der Waals surface area contributed by atoms with Crippen LogP contribution in [0.1, 0.15) is 156 Å². The van der Waals surface area contributed by atoms with Gasteiger partial charge in [0.05, 0.1) is 5.48 Å². The number of benzene rings is 3. The minimum absolute atomic E-state index is 0.120. The molecular formula is C43H62. The highest BCUT2D eigenvalue weighted by Gasteiger charge is 2.57. The fourth-order valence-electron chi connectivity index (χ4n) is 8.64. The summed E-state index contributed by atoms with van der Waals surface area (Å²) >= 11 is 0. The van der Waals surface area contributed by atoms with Crippen molar-refractivity contribution in [1.29, 1.82) is 0 Å². The lowest BCUT2D eigenvalue weighted by Gasteiger charge is -2.44. The smallest absolute Gasteiger partial charge is 0.0620 e. The van der Waals surface area contributed by atoms with E-state index in [4.69, 9.17) is 5.48 Å². The van der Waals surface area contributed by atoms with E-state index < -0.39 is 0 Å². The van der Waals surface area contributed by atoms with Crippen molar-refractivity contribution in [3.63, 3.8) is 0 Å². The first-order valence-electron chi connectivity index (χ1n) is 18.4. The predicted molar refractivity (Wildman–Crippen MR) is 190 cm³/mol. The van der Waals surface area contributed by atoms with Gasteiger partial charge in [0.15, 0.2) is 0 Å². The van der Waals surface area contributed by atoms with Crippen LogP contribution in [0.4, 0.5) is 0 Å². The second-order valence-electron chi connectivity index (χ2n) is 18.0. The van der Waals surface area contributed by atoms with Gasteiger partial charge in [0.25, 0.3) is 0 Å². The Morgan fingerprint density at radius 3 is 0.953 bits per heavy atom. The molecule has 3 aromatic rings. The summed E-state index contributed by atoms with van der Waals surface area (Å²) in [7, 11) is 0. The minimum atomic E-state index is -0.289. The zero-order chi connectivity index (χ0) is 36.1. The summed E-state index contributed by atoms with van der Waals surface area (Å²) in [6, 6.07) is 17.8. The molecule has 0 saturated heterocycles. The van der Waals surface area contributed by atoms with Crippen LogP contribution in [0.25, 0.3) is 0 Å². The average molecular weight is 583 g/mol. The molecule has 0 nitrogen and oxygen atoms in total. The largest absolute Gasteiger partial charge is 0.0626 e. The second kappa shape index (κ2) is 10.1. The topological polar surface area (TPSA) is 0 Å². The van der Waals surface area contributed by atoms with Gasteiger partial charge in [-0.2, -0.15) is 0 Å². The number of rotatable bonds is 0. The van der Waals surface area contributed by atoms with Crippen molar-refractivity contribution < 1.29 is 5.48 Å². The summed E-state index contributed by atoms with van der Waals surface area (Å²) in [6.07, 6.45) is 1.26. The molecule has 0 heteroatoms. The molecule has 3 aromatic carbocycles. The molecule has 0 saturated carbocycles. The van der Waals surface area contributed by atoms with Gasteiger partial charge in [-0.3, -0.25) is 0 Å². The van der Waals surface area contributed by atoms with Gasteiger partial charge >= 0.3 is 0 Å². The van der Waals surface area contributed by atoms with Crippen molar-refractivity contribution in [3.05, 3.63) is 106 Å². The van der Waals surface area contributed by atoms with Gasteiger partial charge in [-0.25, -0.2) is 0 Å². The molecule has 0 amide bonds. The second-order valence-corrected chi connectivity index (χ2v) is 18.0. The number of fused-ring (bicyclic) bond motifs is 3. The SMILES string of the molecule is CC1(C)CC(C)(C)c2ccccc21.CC1(C)c2ccccc2C(C)(C)C1(C)C.[2H]c1c([2H])c([2H])c2c(c1[2H])C(C)(C)C(C)(C)C2(C)C. The van der Waals surface area contributed by atoms with E-state index in [0.717, 1.165) is 11.1 Å². The zero-order valence-electron chi connectivity index (χ0n) is 34.3. The molecule has 3 aliphatic rings. The zero-order valence-corrected chi connectivity index (χ0v) is 30.3. The number of hydrogen-bond donors (Lipinski definition) is 0. The Morgan fingerprint density at radius 1 is 0.395 bits per heavy atom. The van der Waals surface area contributed by atoms with Gasteiger partial charge in [-0.1, -0.05) is 183 Å². The van der Waals surface area contributed by atoms with Crippen molar-refractivity contribution in [2.24, 2.45) is 10.8 Å². The average Bonchev–Trinajstić information content (AvgIpc) is 3.27. The van der Waals surface area contributed by atoms with E-state index in [9.17, 15) is 0 Å². The maximum Gasteiger partial charge on any atom is 0.0626 e. The highest BCUT2D eigenvalue weighted by Crippen LogP contribution is 2.62. The third kappa shape index (κ3) is 4.76. The number of hydrogen-bond acceptors (Lipinski definition) is 0. The van der Waals surface area contributed by atoms with E-state index in [-0.39, 0.29) is 51.2 Å². The summed E-state index contributed by atoms with van der Waals surface area (Å²) in [5.74, 6) is 0. The van der Waals surface area contributed by atoms with E-state index in [1.54, 1.807) is 11.1 Å². The molecule has 43 heavy (non-hydrogen) atoms. The fraction of sp³-hybridized carbons (Fsp3) is 0.581.